The van der Waals surface area contributed by atoms with E-state index in [4.69, 9.17) is 9.47 Å². The van der Waals surface area contributed by atoms with Crippen LogP contribution >= 0.6 is 0 Å². The molecule has 1 aromatic carbocycles. The molecule has 1 aromatic heterocycles. The number of benzene rings is 1. The summed E-state index contributed by atoms with van der Waals surface area (Å²) >= 11 is 0. The molecule has 4 heteroatoms. The van der Waals surface area contributed by atoms with Gasteiger partial charge in [-0.05, 0) is 29.8 Å². The molecular weight excluding hydrogens is 228 g/mol. The molecule has 2 aromatic rings. The minimum atomic E-state index is 0.312. The Morgan fingerprint density at radius 3 is 2.72 bits per heavy atom. The summed E-state index contributed by atoms with van der Waals surface area (Å²) in [5.41, 5.74) is 2.33. The average Bonchev–Trinajstić information content (AvgIpc) is 2.87. The van der Waals surface area contributed by atoms with Gasteiger partial charge in [0.05, 0.1) is 0 Å². The Morgan fingerprint density at radius 2 is 1.89 bits per heavy atom. The molecule has 4 nitrogen and oxygen atoms in total. The molecule has 0 saturated carbocycles. The molecule has 3 rings (SSSR count). The summed E-state index contributed by atoms with van der Waals surface area (Å²) in [7, 11) is 2.05. The Kier molecular flexibility index (Phi) is 2.76. The van der Waals surface area contributed by atoms with Crippen molar-refractivity contribution < 1.29 is 9.47 Å². The van der Waals surface area contributed by atoms with Gasteiger partial charge in [0.1, 0.15) is 0 Å². The lowest BCUT2D eigenvalue weighted by Crippen LogP contribution is -2.16. The van der Waals surface area contributed by atoms with E-state index < -0.39 is 0 Å². The van der Waals surface area contributed by atoms with Crippen LogP contribution in [0.25, 0.3) is 0 Å². The first-order valence-electron chi connectivity index (χ1n) is 5.82. The van der Waals surface area contributed by atoms with Gasteiger partial charge < -0.3 is 14.4 Å². The highest BCUT2D eigenvalue weighted by Crippen LogP contribution is 2.35. The van der Waals surface area contributed by atoms with Gasteiger partial charge in [-0.25, -0.2) is 0 Å². The van der Waals surface area contributed by atoms with Crippen LogP contribution in [0.5, 0.6) is 11.5 Å². The van der Waals surface area contributed by atoms with Crippen LogP contribution in [0.1, 0.15) is 5.56 Å². The van der Waals surface area contributed by atoms with Crippen molar-refractivity contribution in [2.24, 2.45) is 0 Å². The van der Waals surface area contributed by atoms with Crippen LogP contribution in [0, 0.1) is 0 Å². The molecule has 0 spiro atoms. The number of rotatable bonds is 3. The number of nitrogens with zero attached hydrogens (tertiary/aromatic N) is 2. The van der Waals surface area contributed by atoms with Gasteiger partial charge in [-0.2, -0.15) is 0 Å². The molecule has 1 aliphatic rings. The predicted octanol–water partition coefficient (Wildman–Crippen LogP) is 2.45. The second-order valence-electron chi connectivity index (χ2n) is 4.25. The summed E-state index contributed by atoms with van der Waals surface area (Å²) in [6.45, 7) is 1.15. The SMILES string of the molecule is CN(Cc1ccncc1)c1ccc2c(c1)OCO2. The molecule has 0 saturated heterocycles. The molecule has 0 amide bonds. The van der Waals surface area contributed by atoms with Crippen LogP contribution in [0.4, 0.5) is 5.69 Å². The summed E-state index contributed by atoms with van der Waals surface area (Å²) in [5.74, 6) is 1.63. The van der Waals surface area contributed by atoms with Gasteiger partial charge in [0.2, 0.25) is 6.79 Å². The molecule has 0 radical (unpaired) electrons. The summed E-state index contributed by atoms with van der Waals surface area (Å²) < 4.78 is 10.7. The second kappa shape index (κ2) is 4.56. The van der Waals surface area contributed by atoms with E-state index in [1.165, 1.54) is 5.56 Å². The quantitative estimate of drug-likeness (QED) is 0.828. The smallest absolute Gasteiger partial charge is 0.231 e. The molecule has 1 aliphatic heterocycles. The molecule has 0 unspecified atom stereocenters. The number of anilines is 1. The van der Waals surface area contributed by atoms with Crippen molar-refractivity contribution in [2.75, 3.05) is 18.7 Å². The third-order valence-corrected chi connectivity index (χ3v) is 2.97. The van der Waals surface area contributed by atoms with Crippen LogP contribution in [0.15, 0.2) is 42.7 Å². The minimum absolute atomic E-state index is 0.312. The van der Waals surface area contributed by atoms with Crippen molar-refractivity contribution in [3.8, 4) is 11.5 Å². The third-order valence-electron chi connectivity index (χ3n) is 2.97. The fourth-order valence-corrected chi connectivity index (χ4v) is 1.98. The first-order chi connectivity index (χ1) is 8.83. The van der Waals surface area contributed by atoms with E-state index >= 15 is 0 Å². The largest absolute Gasteiger partial charge is 0.454 e. The Bertz CT molecular complexity index is 543. The summed E-state index contributed by atoms with van der Waals surface area (Å²) in [6.07, 6.45) is 3.62. The van der Waals surface area contributed by atoms with Crippen LogP contribution in [0.2, 0.25) is 0 Å². The number of aromatic nitrogens is 1. The van der Waals surface area contributed by atoms with Gasteiger partial charge in [-0.3, -0.25) is 4.98 Å². The normalized spacial score (nSPS) is 12.5. The maximum atomic E-state index is 5.38. The predicted molar refractivity (Wildman–Crippen MR) is 68.9 cm³/mol. The number of hydrogen-bond donors (Lipinski definition) is 0. The summed E-state index contributed by atoms with van der Waals surface area (Å²) in [6, 6.07) is 10.0. The average molecular weight is 242 g/mol. The molecule has 0 bridgehead atoms. The van der Waals surface area contributed by atoms with Crippen molar-refractivity contribution in [1.29, 1.82) is 0 Å². The standard InChI is InChI=1S/C14H14N2O2/c1-16(9-11-4-6-15-7-5-11)12-2-3-13-14(8-12)18-10-17-13/h2-8H,9-10H2,1H3. The van der Waals surface area contributed by atoms with E-state index in [1.807, 2.05) is 42.7 Å². The van der Waals surface area contributed by atoms with Crippen LogP contribution in [-0.4, -0.2) is 18.8 Å². The maximum absolute atomic E-state index is 5.38. The van der Waals surface area contributed by atoms with E-state index in [2.05, 4.69) is 16.9 Å². The molecule has 0 fully saturated rings. The lowest BCUT2D eigenvalue weighted by molar-refractivity contribution is 0.174. The zero-order valence-electron chi connectivity index (χ0n) is 10.2. The number of hydrogen-bond acceptors (Lipinski definition) is 4. The van der Waals surface area contributed by atoms with Crippen molar-refractivity contribution in [2.45, 2.75) is 6.54 Å². The zero-order valence-corrected chi connectivity index (χ0v) is 10.2. The first-order valence-corrected chi connectivity index (χ1v) is 5.82. The van der Waals surface area contributed by atoms with E-state index in [0.29, 0.717) is 6.79 Å². The highest BCUT2D eigenvalue weighted by Gasteiger charge is 2.14. The lowest BCUT2D eigenvalue weighted by Gasteiger charge is -2.19. The van der Waals surface area contributed by atoms with Crippen LogP contribution in [-0.2, 0) is 6.54 Å². The molecule has 0 atom stereocenters. The topological polar surface area (TPSA) is 34.6 Å². The third kappa shape index (κ3) is 2.09. The van der Waals surface area contributed by atoms with E-state index in [9.17, 15) is 0 Å². The molecule has 2 heterocycles. The van der Waals surface area contributed by atoms with E-state index in [1.54, 1.807) is 0 Å². The first kappa shape index (κ1) is 10.9. The number of fused-ring (bicyclic) bond motifs is 1. The molecule has 0 N–H and O–H groups in total. The fraction of sp³-hybridized carbons (Fsp3) is 0.214. The van der Waals surface area contributed by atoms with Gasteiger partial charge in [0, 0.05) is 37.7 Å². The Hall–Kier alpha value is -2.23. The van der Waals surface area contributed by atoms with E-state index in [0.717, 1.165) is 23.7 Å². The lowest BCUT2D eigenvalue weighted by atomic mass is 10.2. The summed E-state index contributed by atoms with van der Waals surface area (Å²) in [4.78, 5) is 6.18. The highest BCUT2D eigenvalue weighted by atomic mass is 16.7. The second-order valence-corrected chi connectivity index (χ2v) is 4.25. The number of ether oxygens (including phenoxy) is 2. The Labute approximate surface area is 106 Å². The Morgan fingerprint density at radius 1 is 1.11 bits per heavy atom. The van der Waals surface area contributed by atoms with Crippen molar-refractivity contribution in [3.05, 3.63) is 48.3 Å². The fourth-order valence-electron chi connectivity index (χ4n) is 1.98. The van der Waals surface area contributed by atoms with Crippen molar-refractivity contribution >= 4 is 5.69 Å². The molecular formula is C14H14N2O2. The van der Waals surface area contributed by atoms with Crippen LogP contribution in [0.3, 0.4) is 0 Å². The molecule has 18 heavy (non-hydrogen) atoms. The van der Waals surface area contributed by atoms with E-state index in [-0.39, 0.29) is 0 Å². The van der Waals surface area contributed by atoms with Crippen molar-refractivity contribution in [3.63, 3.8) is 0 Å². The Balaban J connectivity index is 1.78. The molecule has 0 aliphatic carbocycles. The monoisotopic (exact) mass is 242 g/mol. The van der Waals surface area contributed by atoms with Gasteiger partial charge >= 0.3 is 0 Å². The summed E-state index contributed by atoms with van der Waals surface area (Å²) in [5, 5.41) is 0. The van der Waals surface area contributed by atoms with Crippen LogP contribution < -0.4 is 14.4 Å². The van der Waals surface area contributed by atoms with Gasteiger partial charge in [0.15, 0.2) is 11.5 Å². The van der Waals surface area contributed by atoms with Gasteiger partial charge in [0.25, 0.3) is 0 Å². The zero-order chi connectivity index (χ0) is 12.4. The van der Waals surface area contributed by atoms with Crippen molar-refractivity contribution in [1.82, 2.24) is 4.98 Å². The highest BCUT2D eigenvalue weighted by molar-refractivity contribution is 5.56. The molecule has 92 valence electrons. The van der Waals surface area contributed by atoms with Gasteiger partial charge in [-0.15, -0.1) is 0 Å². The van der Waals surface area contributed by atoms with Gasteiger partial charge in [-0.1, -0.05) is 0 Å². The maximum Gasteiger partial charge on any atom is 0.231 e. The number of pyridine rings is 1. The minimum Gasteiger partial charge on any atom is -0.454 e.